The highest BCUT2D eigenvalue weighted by molar-refractivity contribution is 5.94. The van der Waals surface area contributed by atoms with Crippen molar-refractivity contribution in [2.75, 3.05) is 20.7 Å². The van der Waals surface area contributed by atoms with Crippen LogP contribution < -0.4 is 10.6 Å². The number of nitrogens with one attached hydrogen (secondary N) is 2. The van der Waals surface area contributed by atoms with E-state index in [2.05, 4.69) is 15.4 Å². The van der Waals surface area contributed by atoms with E-state index in [1.54, 1.807) is 31.3 Å². The van der Waals surface area contributed by atoms with Gasteiger partial charge in [-0.2, -0.15) is 0 Å². The summed E-state index contributed by atoms with van der Waals surface area (Å²) in [6.07, 6.45) is 0.158. The van der Waals surface area contributed by atoms with E-state index in [1.807, 2.05) is 13.8 Å². The number of ether oxygens (including phenoxy) is 1. The second kappa shape index (κ2) is 9.54. The van der Waals surface area contributed by atoms with Gasteiger partial charge in [-0.15, -0.1) is 0 Å². The molecule has 0 unspecified atom stereocenters. The fourth-order valence-electron chi connectivity index (χ4n) is 1.94. The topological polar surface area (TPSA) is 87.7 Å². The van der Waals surface area contributed by atoms with Gasteiger partial charge in [0.1, 0.15) is 0 Å². The Hall–Kier alpha value is -2.57. The number of methoxy groups -OCH3 is 1. The van der Waals surface area contributed by atoms with Crippen LogP contribution in [-0.2, 0) is 16.1 Å². The zero-order valence-corrected chi connectivity index (χ0v) is 14.6. The van der Waals surface area contributed by atoms with Crippen LogP contribution in [0.15, 0.2) is 24.3 Å². The number of carbonyl (C=O) groups is 3. The Labute approximate surface area is 142 Å². The third-order valence-electron chi connectivity index (χ3n) is 3.30. The van der Waals surface area contributed by atoms with Crippen LogP contribution in [0.1, 0.15) is 36.2 Å². The molecule has 0 aliphatic rings. The molecule has 0 fully saturated rings. The van der Waals surface area contributed by atoms with Gasteiger partial charge in [0.25, 0.3) is 5.91 Å². The number of carbonyl (C=O) groups excluding carboxylic acids is 3. The van der Waals surface area contributed by atoms with Gasteiger partial charge in [-0.05, 0) is 31.5 Å². The molecule has 1 aromatic rings. The van der Waals surface area contributed by atoms with E-state index in [4.69, 9.17) is 0 Å². The summed E-state index contributed by atoms with van der Waals surface area (Å²) in [6.45, 7) is 4.45. The van der Waals surface area contributed by atoms with E-state index in [-0.39, 0.29) is 30.4 Å². The lowest BCUT2D eigenvalue weighted by Crippen LogP contribution is -2.39. The van der Waals surface area contributed by atoms with Crippen molar-refractivity contribution in [3.05, 3.63) is 35.4 Å². The van der Waals surface area contributed by atoms with Crippen LogP contribution in [-0.4, -0.2) is 49.6 Å². The van der Waals surface area contributed by atoms with Gasteiger partial charge in [0.15, 0.2) is 0 Å². The minimum Gasteiger partial charge on any atom is -0.469 e. The molecular formula is C17H25N3O4. The zero-order valence-electron chi connectivity index (χ0n) is 14.6. The van der Waals surface area contributed by atoms with Crippen molar-refractivity contribution in [1.82, 2.24) is 15.5 Å². The summed E-state index contributed by atoms with van der Waals surface area (Å²) >= 11 is 0. The summed E-state index contributed by atoms with van der Waals surface area (Å²) in [6, 6.07) is 6.83. The van der Waals surface area contributed by atoms with Crippen molar-refractivity contribution in [2.24, 2.45) is 0 Å². The van der Waals surface area contributed by atoms with Crippen molar-refractivity contribution in [3.63, 3.8) is 0 Å². The number of nitrogens with zero attached hydrogens (tertiary/aromatic N) is 1. The molecule has 7 heteroatoms. The number of benzene rings is 1. The fraction of sp³-hybridized carbons (Fsp3) is 0.471. The van der Waals surface area contributed by atoms with Crippen molar-refractivity contribution in [1.29, 1.82) is 0 Å². The van der Waals surface area contributed by atoms with Crippen LogP contribution in [0.5, 0.6) is 0 Å². The van der Waals surface area contributed by atoms with E-state index in [1.165, 1.54) is 12.0 Å². The third kappa shape index (κ3) is 6.68. The third-order valence-corrected chi connectivity index (χ3v) is 3.30. The molecule has 1 rings (SSSR count). The second-order valence-electron chi connectivity index (χ2n) is 5.73. The molecule has 2 N–H and O–H groups in total. The summed E-state index contributed by atoms with van der Waals surface area (Å²) in [5.74, 6) is -0.522. The first kappa shape index (κ1) is 19.5. The minimum atomic E-state index is -0.351. The molecule has 1 aromatic carbocycles. The van der Waals surface area contributed by atoms with Gasteiger partial charge in [0, 0.05) is 31.7 Å². The first-order chi connectivity index (χ1) is 11.3. The average molecular weight is 335 g/mol. The maximum Gasteiger partial charge on any atom is 0.315 e. The number of esters is 1. The Morgan fingerprint density at radius 1 is 1.17 bits per heavy atom. The van der Waals surface area contributed by atoms with E-state index < -0.39 is 0 Å². The lowest BCUT2D eigenvalue weighted by atomic mass is 10.1. The van der Waals surface area contributed by atoms with E-state index in [9.17, 15) is 14.4 Å². The molecule has 132 valence electrons. The van der Waals surface area contributed by atoms with Crippen LogP contribution in [0.3, 0.4) is 0 Å². The summed E-state index contributed by atoms with van der Waals surface area (Å²) in [4.78, 5) is 36.3. The summed E-state index contributed by atoms with van der Waals surface area (Å²) in [7, 11) is 2.95. The standard InChI is InChI=1S/C17H25N3O4/c1-12(2)19-17(23)18-11-13-5-7-14(8-6-13)16(22)20(3)10-9-15(21)24-4/h5-8,12H,9-11H2,1-4H3,(H2,18,19,23). The molecule has 0 bridgehead atoms. The van der Waals surface area contributed by atoms with Crippen LogP contribution >= 0.6 is 0 Å². The lowest BCUT2D eigenvalue weighted by molar-refractivity contribution is -0.140. The highest BCUT2D eigenvalue weighted by Crippen LogP contribution is 2.07. The summed E-state index contributed by atoms with van der Waals surface area (Å²) in [5, 5.41) is 5.48. The summed E-state index contributed by atoms with van der Waals surface area (Å²) in [5.41, 5.74) is 1.42. The van der Waals surface area contributed by atoms with Crippen LogP contribution in [0.2, 0.25) is 0 Å². The van der Waals surface area contributed by atoms with Crippen molar-refractivity contribution >= 4 is 17.9 Å². The Kier molecular flexibility index (Phi) is 7.74. The quantitative estimate of drug-likeness (QED) is 0.740. The van der Waals surface area contributed by atoms with Gasteiger partial charge in [-0.25, -0.2) is 4.79 Å². The maximum atomic E-state index is 12.2. The van der Waals surface area contributed by atoms with Gasteiger partial charge in [0.2, 0.25) is 0 Å². The fourth-order valence-corrected chi connectivity index (χ4v) is 1.94. The SMILES string of the molecule is COC(=O)CCN(C)C(=O)c1ccc(CNC(=O)NC(C)C)cc1. The van der Waals surface area contributed by atoms with Crippen molar-refractivity contribution in [3.8, 4) is 0 Å². The van der Waals surface area contributed by atoms with Crippen LogP contribution in [0.4, 0.5) is 4.79 Å². The van der Waals surface area contributed by atoms with E-state index in [0.29, 0.717) is 18.7 Å². The number of hydrogen-bond donors (Lipinski definition) is 2. The molecule has 24 heavy (non-hydrogen) atoms. The molecule has 0 aliphatic carbocycles. The predicted molar refractivity (Wildman–Crippen MR) is 90.5 cm³/mol. The van der Waals surface area contributed by atoms with Gasteiger partial charge < -0.3 is 20.3 Å². The van der Waals surface area contributed by atoms with Crippen molar-refractivity contribution < 1.29 is 19.1 Å². The van der Waals surface area contributed by atoms with Crippen molar-refractivity contribution in [2.45, 2.75) is 32.9 Å². The molecule has 0 saturated heterocycles. The van der Waals surface area contributed by atoms with E-state index in [0.717, 1.165) is 5.56 Å². The minimum absolute atomic E-state index is 0.0746. The molecule has 0 spiro atoms. The van der Waals surface area contributed by atoms with E-state index >= 15 is 0 Å². The second-order valence-corrected chi connectivity index (χ2v) is 5.73. The van der Waals surface area contributed by atoms with Gasteiger partial charge in [-0.1, -0.05) is 12.1 Å². The lowest BCUT2D eigenvalue weighted by Gasteiger charge is -2.16. The summed E-state index contributed by atoms with van der Waals surface area (Å²) < 4.78 is 4.56. The largest absolute Gasteiger partial charge is 0.469 e. The first-order valence-corrected chi connectivity index (χ1v) is 7.79. The molecule has 0 saturated carbocycles. The molecule has 7 nitrogen and oxygen atoms in total. The molecule has 3 amide bonds. The highest BCUT2D eigenvalue weighted by Gasteiger charge is 2.13. The number of rotatable bonds is 7. The molecule has 0 atom stereocenters. The maximum absolute atomic E-state index is 12.2. The predicted octanol–water partition coefficient (Wildman–Crippen LogP) is 1.53. The Morgan fingerprint density at radius 3 is 2.33 bits per heavy atom. The van der Waals surface area contributed by atoms with Gasteiger partial charge in [0.05, 0.1) is 13.5 Å². The smallest absolute Gasteiger partial charge is 0.315 e. The molecule has 0 radical (unpaired) electrons. The average Bonchev–Trinajstić information content (AvgIpc) is 2.56. The Morgan fingerprint density at radius 2 is 1.79 bits per heavy atom. The first-order valence-electron chi connectivity index (χ1n) is 7.79. The molecule has 0 aromatic heterocycles. The normalized spacial score (nSPS) is 10.2. The van der Waals surface area contributed by atoms with Gasteiger partial charge in [-0.3, -0.25) is 9.59 Å². The number of urea groups is 1. The molecule has 0 aliphatic heterocycles. The number of amides is 3. The molecular weight excluding hydrogens is 310 g/mol. The van der Waals surface area contributed by atoms with Crippen LogP contribution in [0, 0.1) is 0 Å². The number of hydrogen-bond acceptors (Lipinski definition) is 4. The Balaban J connectivity index is 2.52. The molecule has 0 heterocycles. The highest BCUT2D eigenvalue weighted by atomic mass is 16.5. The van der Waals surface area contributed by atoms with Crippen LogP contribution in [0.25, 0.3) is 0 Å². The zero-order chi connectivity index (χ0) is 18.1. The van der Waals surface area contributed by atoms with Gasteiger partial charge >= 0.3 is 12.0 Å². The monoisotopic (exact) mass is 335 g/mol. The Bertz CT molecular complexity index is 570.